The minimum Gasteiger partial charge on any atom is -0.378 e. The first-order chi connectivity index (χ1) is 12.9. The summed E-state index contributed by atoms with van der Waals surface area (Å²) in [7, 11) is 0. The van der Waals surface area contributed by atoms with Gasteiger partial charge >= 0.3 is 0 Å². The van der Waals surface area contributed by atoms with Crippen molar-refractivity contribution < 1.29 is 14.3 Å². The van der Waals surface area contributed by atoms with E-state index >= 15 is 0 Å². The van der Waals surface area contributed by atoms with Crippen LogP contribution in [0.15, 0.2) is 24.3 Å². The zero-order chi connectivity index (χ0) is 19.5. The molecule has 158 valence electrons. The molecule has 0 aromatic heterocycles. The molecule has 1 amide bonds. The Bertz CT molecular complexity index is 667. The second-order valence-corrected chi connectivity index (χ2v) is 8.40. The van der Waals surface area contributed by atoms with Gasteiger partial charge in [-0.25, -0.2) is 0 Å². The largest absolute Gasteiger partial charge is 0.378 e. The molecule has 0 aliphatic heterocycles. The SMILES string of the molecule is CCOC1CC(N)(C(=O)NCCCOC2CCCc3ccccc32)C1(C)C.Cl. The maximum Gasteiger partial charge on any atom is 0.240 e. The fraction of sp³-hybridized carbons (Fsp3) is 0.682. The average Bonchev–Trinajstić information content (AvgIpc) is 2.67. The molecule has 3 atom stereocenters. The zero-order valence-electron chi connectivity index (χ0n) is 17.3. The van der Waals surface area contributed by atoms with Gasteiger partial charge in [0, 0.05) is 31.6 Å². The molecule has 1 saturated carbocycles. The fourth-order valence-electron chi connectivity index (χ4n) is 4.36. The van der Waals surface area contributed by atoms with Crippen LogP contribution in [0.1, 0.15) is 63.7 Å². The lowest BCUT2D eigenvalue weighted by Crippen LogP contribution is -2.75. The van der Waals surface area contributed by atoms with Crippen LogP contribution in [-0.4, -0.2) is 37.3 Å². The summed E-state index contributed by atoms with van der Waals surface area (Å²) in [5.74, 6) is -0.0773. The van der Waals surface area contributed by atoms with Crippen LogP contribution in [0, 0.1) is 5.41 Å². The molecule has 0 bridgehead atoms. The highest BCUT2D eigenvalue weighted by molar-refractivity contribution is 5.88. The topological polar surface area (TPSA) is 73.6 Å². The summed E-state index contributed by atoms with van der Waals surface area (Å²) >= 11 is 0. The van der Waals surface area contributed by atoms with Crippen LogP contribution in [0.2, 0.25) is 0 Å². The Morgan fingerprint density at radius 1 is 1.29 bits per heavy atom. The Morgan fingerprint density at radius 3 is 2.75 bits per heavy atom. The molecule has 2 aliphatic rings. The number of amides is 1. The molecule has 1 aromatic carbocycles. The van der Waals surface area contributed by atoms with E-state index in [1.807, 2.05) is 20.8 Å². The molecule has 0 spiro atoms. The molecule has 0 heterocycles. The molecule has 28 heavy (non-hydrogen) atoms. The summed E-state index contributed by atoms with van der Waals surface area (Å²) in [6.45, 7) is 7.87. The Kier molecular flexibility index (Phi) is 7.91. The van der Waals surface area contributed by atoms with Crippen LogP contribution >= 0.6 is 12.4 Å². The molecule has 5 nitrogen and oxygen atoms in total. The molecule has 3 N–H and O–H groups in total. The quantitative estimate of drug-likeness (QED) is 0.643. The van der Waals surface area contributed by atoms with E-state index in [4.69, 9.17) is 15.2 Å². The smallest absolute Gasteiger partial charge is 0.240 e. The molecule has 3 unspecified atom stereocenters. The van der Waals surface area contributed by atoms with Crippen molar-refractivity contribution in [3.63, 3.8) is 0 Å². The third-order valence-electron chi connectivity index (χ3n) is 6.48. The van der Waals surface area contributed by atoms with Gasteiger partial charge in [0.1, 0.15) is 5.54 Å². The van der Waals surface area contributed by atoms with Crippen molar-refractivity contribution in [1.82, 2.24) is 5.32 Å². The normalized spacial score (nSPS) is 27.9. The standard InChI is InChI=1S/C22H34N2O3.ClH/c1-4-26-19-15-22(23,21(19,2)3)20(25)24-13-8-14-27-18-12-7-10-16-9-5-6-11-17(16)18;/h5-6,9,11,18-19H,4,7-8,10,12-15,23H2,1-3H3,(H,24,25);1H. The number of aryl methyl sites for hydroxylation is 1. The molecular weight excluding hydrogens is 376 g/mol. The molecular formula is C22H35ClN2O3. The van der Waals surface area contributed by atoms with Gasteiger partial charge in [-0.05, 0) is 43.7 Å². The lowest BCUT2D eigenvalue weighted by atomic mass is 9.54. The van der Waals surface area contributed by atoms with Crippen LogP contribution < -0.4 is 11.1 Å². The van der Waals surface area contributed by atoms with Gasteiger partial charge in [-0.1, -0.05) is 38.1 Å². The van der Waals surface area contributed by atoms with E-state index < -0.39 is 5.54 Å². The van der Waals surface area contributed by atoms with Gasteiger partial charge in [0.05, 0.1) is 12.2 Å². The molecule has 6 heteroatoms. The summed E-state index contributed by atoms with van der Waals surface area (Å²) in [6.07, 6.45) is 4.98. The van der Waals surface area contributed by atoms with Crippen LogP contribution in [-0.2, 0) is 20.7 Å². The summed E-state index contributed by atoms with van der Waals surface area (Å²) < 4.78 is 11.8. The van der Waals surface area contributed by atoms with Crippen molar-refractivity contribution in [1.29, 1.82) is 0 Å². The van der Waals surface area contributed by atoms with E-state index in [0.717, 1.165) is 19.3 Å². The van der Waals surface area contributed by atoms with Crippen molar-refractivity contribution in [2.45, 2.75) is 70.6 Å². The van der Waals surface area contributed by atoms with Gasteiger partial charge in [-0.15, -0.1) is 12.4 Å². The fourth-order valence-corrected chi connectivity index (χ4v) is 4.36. The highest BCUT2D eigenvalue weighted by Crippen LogP contribution is 2.49. The van der Waals surface area contributed by atoms with Gasteiger partial charge in [0.15, 0.2) is 0 Å². The molecule has 0 saturated heterocycles. The predicted molar refractivity (Wildman–Crippen MR) is 114 cm³/mol. The highest BCUT2D eigenvalue weighted by atomic mass is 35.5. The molecule has 3 rings (SSSR count). The van der Waals surface area contributed by atoms with E-state index in [1.165, 1.54) is 17.5 Å². The van der Waals surface area contributed by atoms with Gasteiger partial charge in [-0.2, -0.15) is 0 Å². The average molecular weight is 411 g/mol. The van der Waals surface area contributed by atoms with Crippen LogP contribution in [0.3, 0.4) is 0 Å². The van der Waals surface area contributed by atoms with Crippen LogP contribution in [0.25, 0.3) is 0 Å². The number of rotatable bonds is 8. The third-order valence-corrected chi connectivity index (χ3v) is 6.48. The van der Waals surface area contributed by atoms with E-state index in [1.54, 1.807) is 0 Å². The van der Waals surface area contributed by atoms with Gasteiger partial charge in [0.25, 0.3) is 0 Å². The number of ether oxygens (including phenoxy) is 2. The van der Waals surface area contributed by atoms with Crippen LogP contribution in [0.5, 0.6) is 0 Å². The number of benzene rings is 1. The lowest BCUT2D eigenvalue weighted by molar-refractivity contribution is -0.170. The Labute approximate surface area is 175 Å². The van der Waals surface area contributed by atoms with E-state index in [9.17, 15) is 4.79 Å². The van der Waals surface area contributed by atoms with Crippen molar-refractivity contribution >= 4 is 18.3 Å². The number of carbonyl (C=O) groups excluding carboxylic acids is 1. The van der Waals surface area contributed by atoms with Gasteiger partial charge < -0.3 is 20.5 Å². The first-order valence-corrected chi connectivity index (χ1v) is 10.3. The molecule has 2 aliphatic carbocycles. The number of nitrogens with one attached hydrogen (secondary N) is 1. The summed E-state index contributed by atoms with van der Waals surface area (Å²) in [4.78, 5) is 12.6. The van der Waals surface area contributed by atoms with Crippen molar-refractivity contribution in [3.05, 3.63) is 35.4 Å². The number of hydrogen-bond donors (Lipinski definition) is 2. The minimum atomic E-state index is -0.851. The molecule has 1 fully saturated rings. The number of fused-ring (bicyclic) bond motifs is 1. The first-order valence-electron chi connectivity index (χ1n) is 10.3. The van der Waals surface area contributed by atoms with E-state index in [0.29, 0.717) is 26.2 Å². The van der Waals surface area contributed by atoms with Gasteiger partial charge in [0.2, 0.25) is 5.91 Å². The number of carbonyl (C=O) groups is 1. The second kappa shape index (κ2) is 9.57. The predicted octanol–water partition coefficient (Wildman–Crippen LogP) is 3.54. The maximum absolute atomic E-state index is 12.6. The first kappa shape index (κ1) is 23.1. The van der Waals surface area contributed by atoms with E-state index in [2.05, 4.69) is 29.6 Å². The zero-order valence-corrected chi connectivity index (χ0v) is 18.1. The third kappa shape index (κ3) is 4.38. The number of halogens is 1. The maximum atomic E-state index is 12.6. The lowest BCUT2D eigenvalue weighted by Gasteiger charge is -2.57. The highest BCUT2D eigenvalue weighted by Gasteiger charge is 2.62. The van der Waals surface area contributed by atoms with Crippen LogP contribution in [0.4, 0.5) is 0 Å². The molecule has 1 aromatic rings. The Hall–Kier alpha value is -1.14. The number of nitrogens with two attached hydrogens (primary N) is 1. The van der Waals surface area contributed by atoms with E-state index in [-0.39, 0.29) is 35.9 Å². The van der Waals surface area contributed by atoms with Crippen molar-refractivity contribution in [2.24, 2.45) is 11.1 Å². The monoisotopic (exact) mass is 410 g/mol. The number of hydrogen-bond acceptors (Lipinski definition) is 4. The van der Waals surface area contributed by atoms with Crippen molar-refractivity contribution in [2.75, 3.05) is 19.8 Å². The summed E-state index contributed by atoms with van der Waals surface area (Å²) in [5, 5.41) is 3.00. The Balaban J connectivity index is 0.00000280. The second-order valence-electron chi connectivity index (χ2n) is 8.40. The molecule has 0 radical (unpaired) electrons. The summed E-state index contributed by atoms with van der Waals surface area (Å²) in [5.41, 5.74) is 7.93. The minimum absolute atomic E-state index is 0. The van der Waals surface area contributed by atoms with Gasteiger partial charge in [-0.3, -0.25) is 4.79 Å². The Morgan fingerprint density at radius 2 is 2.04 bits per heavy atom. The summed E-state index contributed by atoms with van der Waals surface area (Å²) in [6, 6.07) is 8.54. The van der Waals surface area contributed by atoms with Crippen molar-refractivity contribution in [3.8, 4) is 0 Å².